The number of carbonyl (C=O) groups is 1. The molecule has 2 N–H and O–H groups in total. The van der Waals surface area contributed by atoms with Crippen LogP contribution in [0, 0.1) is 0 Å². The first-order valence-electron chi connectivity index (χ1n) is 9.31. The second-order valence-corrected chi connectivity index (χ2v) is 8.28. The van der Waals surface area contributed by atoms with Crippen molar-refractivity contribution in [2.24, 2.45) is 0 Å². The van der Waals surface area contributed by atoms with Crippen molar-refractivity contribution in [2.45, 2.75) is 18.6 Å². The van der Waals surface area contributed by atoms with Crippen LogP contribution in [-0.2, 0) is 12.7 Å². The van der Waals surface area contributed by atoms with Crippen molar-refractivity contribution in [1.29, 1.82) is 0 Å². The number of nitrogens with zero attached hydrogens (tertiary/aromatic N) is 2. The van der Waals surface area contributed by atoms with Gasteiger partial charge in [-0.3, -0.25) is 9.89 Å². The molecule has 1 unspecified atom stereocenters. The van der Waals surface area contributed by atoms with Gasteiger partial charge in [0.05, 0.1) is 11.8 Å². The monoisotopic (exact) mass is 468 g/mol. The maximum absolute atomic E-state index is 13.0. The van der Waals surface area contributed by atoms with Crippen molar-refractivity contribution >= 4 is 34.8 Å². The highest BCUT2D eigenvalue weighted by Gasteiger charge is 2.37. The van der Waals surface area contributed by atoms with Crippen molar-refractivity contribution in [1.82, 2.24) is 15.1 Å². The number of hydrogen-bond acceptors (Lipinski definition) is 3. The number of fused-ring (bicyclic) bond motifs is 1. The van der Waals surface area contributed by atoms with Crippen molar-refractivity contribution in [2.75, 3.05) is 18.9 Å². The average molecular weight is 469 g/mol. The number of hydrogen-bond donors (Lipinski definition) is 2. The minimum atomic E-state index is -4.70. The number of nitrogens with one attached hydrogen (secondary N) is 2. The van der Waals surface area contributed by atoms with Crippen molar-refractivity contribution in [3.63, 3.8) is 0 Å². The molecule has 1 aliphatic rings. The lowest BCUT2D eigenvalue weighted by molar-refractivity contribution is -0.141. The van der Waals surface area contributed by atoms with Gasteiger partial charge < -0.3 is 10.2 Å². The summed E-state index contributed by atoms with van der Waals surface area (Å²) in [5, 5.41) is 8.82. The molecule has 0 spiro atoms. The second kappa shape index (κ2) is 8.18. The van der Waals surface area contributed by atoms with Gasteiger partial charge in [-0.1, -0.05) is 35.3 Å². The van der Waals surface area contributed by atoms with Gasteiger partial charge in [-0.25, -0.2) is 0 Å². The van der Waals surface area contributed by atoms with Crippen LogP contribution in [0.1, 0.15) is 38.7 Å². The predicted molar refractivity (Wildman–Crippen MR) is 113 cm³/mol. The molecule has 0 saturated carbocycles. The summed E-state index contributed by atoms with van der Waals surface area (Å²) >= 11 is 12.6. The molecule has 5 nitrogen and oxygen atoms in total. The molecular weight excluding hydrogens is 452 g/mol. The van der Waals surface area contributed by atoms with Crippen LogP contribution >= 0.6 is 23.2 Å². The van der Waals surface area contributed by atoms with Crippen LogP contribution in [0.15, 0.2) is 42.6 Å². The fourth-order valence-corrected chi connectivity index (χ4v) is 4.37. The average Bonchev–Trinajstić information content (AvgIpc) is 3.19. The van der Waals surface area contributed by atoms with E-state index in [0.717, 1.165) is 29.4 Å². The van der Waals surface area contributed by atoms with E-state index >= 15 is 0 Å². The molecule has 162 valence electrons. The van der Waals surface area contributed by atoms with E-state index in [0.29, 0.717) is 22.3 Å². The van der Waals surface area contributed by atoms with Gasteiger partial charge in [0, 0.05) is 34.7 Å². The third kappa shape index (κ3) is 4.42. The zero-order valence-electron chi connectivity index (χ0n) is 16.2. The van der Waals surface area contributed by atoms with Crippen molar-refractivity contribution in [3.8, 4) is 0 Å². The molecule has 2 heterocycles. The van der Waals surface area contributed by atoms with Crippen molar-refractivity contribution in [3.05, 3.63) is 80.6 Å². The van der Waals surface area contributed by atoms with E-state index in [9.17, 15) is 18.0 Å². The number of carbonyl (C=O) groups excluding carboxylic acids is 1. The van der Waals surface area contributed by atoms with Gasteiger partial charge in [0.2, 0.25) is 0 Å². The summed E-state index contributed by atoms with van der Waals surface area (Å²) in [6.07, 6.45) is -3.84. The first-order chi connectivity index (χ1) is 14.6. The molecule has 1 aliphatic heterocycles. The standard InChI is InChI=1S/C21H17Cl2F3N4O/c1-30-9-16(14-6-12(22)7-18(23)17(14)10-30)11-2-4-13(5-3-11)28-20(31)15-8-27-29-19(15)21(24,25)26/h2-8,16H,9-10H2,1H3,(H,27,29)(H,28,31). The fraction of sp³-hybridized carbons (Fsp3) is 0.238. The normalized spacial score (nSPS) is 16.8. The smallest absolute Gasteiger partial charge is 0.322 e. The molecule has 10 heteroatoms. The van der Waals surface area contributed by atoms with Crippen molar-refractivity contribution < 1.29 is 18.0 Å². The lowest BCUT2D eigenvalue weighted by atomic mass is 9.84. The molecule has 31 heavy (non-hydrogen) atoms. The Kier molecular flexibility index (Phi) is 5.72. The molecule has 0 fully saturated rings. The highest BCUT2D eigenvalue weighted by Crippen LogP contribution is 2.38. The molecule has 1 amide bonds. The molecule has 1 atom stereocenters. The molecule has 0 saturated heterocycles. The summed E-state index contributed by atoms with van der Waals surface area (Å²) in [7, 11) is 2.00. The van der Waals surface area contributed by atoms with E-state index in [-0.39, 0.29) is 5.92 Å². The third-order valence-corrected chi connectivity index (χ3v) is 5.79. The molecule has 3 aromatic rings. The Balaban J connectivity index is 1.58. The van der Waals surface area contributed by atoms with Crippen LogP contribution in [0.5, 0.6) is 0 Å². The van der Waals surface area contributed by atoms with Gasteiger partial charge in [0.15, 0.2) is 5.69 Å². The number of anilines is 1. The summed E-state index contributed by atoms with van der Waals surface area (Å²) in [4.78, 5) is 14.5. The third-order valence-electron chi connectivity index (χ3n) is 5.23. The van der Waals surface area contributed by atoms with Gasteiger partial charge in [-0.2, -0.15) is 18.3 Å². The predicted octanol–water partition coefficient (Wildman–Crippen LogP) is 5.56. The largest absolute Gasteiger partial charge is 0.433 e. The highest BCUT2D eigenvalue weighted by atomic mass is 35.5. The van der Waals surface area contributed by atoms with Gasteiger partial charge in [-0.05, 0) is 48.0 Å². The summed E-state index contributed by atoms with van der Waals surface area (Å²) in [6.45, 7) is 1.46. The summed E-state index contributed by atoms with van der Waals surface area (Å²) in [5.74, 6) is -0.879. The number of aromatic nitrogens is 2. The SMILES string of the molecule is CN1Cc2c(Cl)cc(Cl)cc2C(c2ccc(NC(=O)c3cn[nH]c3C(F)(F)F)cc2)C1. The molecule has 4 rings (SSSR count). The van der Waals surface area contributed by atoms with E-state index < -0.39 is 23.3 Å². The number of aromatic amines is 1. The molecule has 0 aliphatic carbocycles. The van der Waals surface area contributed by atoms with Gasteiger partial charge >= 0.3 is 6.18 Å². The minimum Gasteiger partial charge on any atom is -0.322 e. The number of halogens is 5. The Morgan fingerprint density at radius 1 is 1.23 bits per heavy atom. The number of likely N-dealkylation sites (N-methyl/N-ethyl adjacent to an activating group) is 1. The Morgan fingerprint density at radius 2 is 1.94 bits per heavy atom. The van der Waals surface area contributed by atoms with Crippen LogP contribution in [0.4, 0.5) is 18.9 Å². The molecule has 0 radical (unpaired) electrons. The Morgan fingerprint density at radius 3 is 2.61 bits per heavy atom. The van der Waals surface area contributed by atoms with Crippen LogP contribution in [0.3, 0.4) is 0 Å². The maximum atomic E-state index is 13.0. The minimum absolute atomic E-state index is 0.0143. The zero-order chi connectivity index (χ0) is 22.3. The van der Waals surface area contributed by atoms with E-state index in [1.807, 2.05) is 30.3 Å². The van der Waals surface area contributed by atoms with Crippen LogP contribution in [0.2, 0.25) is 10.0 Å². The molecule has 1 aromatic heterocycles. The topological polar surface area (TPSA) is 61.0 Å². The number of rotatable bonds is 3. The first-order valence-corrected chi connectivity index (χ1v) is 10.1. The summed E-state index contributed by atoms with van der Waals surface area (Å²) < 4.78 is 38.9. The van der Waals surface area contributed by atoms with E-state index in [4.69, 9.17) is 23.2 Å². The number of amides is 1. The lowest BCUT2D eigenvalue weighted by Crippen LogP contribution is -2.31. The second-order valence-electron chi connectivity index (χ2n) is 7.44. The van der Waals surface area contributed by atoms with E-state index in [1.54, 1.807) is 18.2 Å². The van der Waals surface area contributed by atoms with Crippen LogP contribution in [0.25, 0.3) is 0 Å². The van der Waals surface area contributed by atoms with E-state index in [2.05, 4.69) is 15.3 Å². The lowest BCUT2D eigenvalue weighted by Gasteiger charge is -2.33. The highest BCUT2D eigenvalue weighted by molar-refractivity contribution is 6.35. The maximum Gasteiger partial charge on any atom is 0.433 e. The summed E-state index contributed by atoms with van der Waals surface area (Å²) in [5.41, 5.74) is 1.66. The Bertz CT molecular complexity index is 1130. The Hall–Kier alpha value is -2.55. The number of H-pyrrole nitrogens is 1. The molecule has 0 bridgehead atoms. The van der Waals surface area contributed by atoms with Crippen LogP contribution in [-0.4, -0.2) is 34.6 Å². The molecular formula is C21H17Cl2F3N4O. The Labute approximate surface area is 186 Å². The number of alkyl halides is 3. The fourth-order valence-electron chi connectivity index (χ4n) is 3.80. The van der Waals surface area contributed by atoms with Crippen LogP contribution < -0.4 is 5.32 Å². The summed E-state index contributed by atoms with van der Waals surface area (Å²) in [6, 6.07) is 10.6. The van der Waals surface area contributed by atoms with Gasteiger partial charge in [0.1, 0.15) is 0 Å². The van der Waals surface area contributed by atoms with E-state index in [1.165, 1.54) is 0 Å². The number of benzene rings is 2. The molecule has 2 aromatic carbocycles. The zero-order valence-corrected chi connectivity index (χ0v) is 17.7. The van der Waals surface area contributed by atoms with Gasteiger partial charge in [-0.15, -0.1) is 0 Å². The first kappa shape index (κ1) is 21.7. The van der Waals surface area contributed by atoms with Gasteiger partial charge in [0.25, 0.3) is 5.91 Å². The quantitative estimate of drug-likeness (QED) is 0.528.